The minimum absolute atomic E-state index is 0.404. The molecule has 106 valence electrons. The molecule has 0 amide bonds. The Hall–Kier alpha value is -0.960. The zero-order valence-corrected chi connectivity index (χ0v) is 11.6. The fraction of sp³-hybridized carbons (Fsp3) is 0.625. The molecule has 1 N–H and O–H groups in total. The third-order valence-corrected chi connectivity index (χ3v) is 4.08. The van der Waals surface area contributed by atoms with Crippen LogP contribution < -0.4 is 5.32 Å². The zero-order valence-electron chi connectivity index (χ0n) is 11.6. The topological polar surface area (TPSA) is 12.0 Å². The molecule has 0 saturated carbocycles. The van der Waals surface area contributed by atoms with Crippen molar-refractivity contribution in [3.63, 3.8) is 0 Å². The zero-order chi connectivity index (χ0) is 13.7. The number of halogens is 2. The molecule has 1 aliphatic rings. The molecule has 1 fully saturated rings. The lowest BCUT2D eigenvalue weighted by Crippen LogP contribution is -2.38. The van der Waals surface area contributed by atoms with E-state index in [1.807, 2.05) is 0 Å². The van der Waals surface area contributed by atoms with Crippen LogP contribution in [0.15, 0.2) is 18.2 Å². The molecule has 2 unspecified atom stereocenters. The van der Waals surface area contributed by atoms with E-state index in [1.165, 1.54) is 31.7 Å². The first kappa shape index (κ1) is 14.4. The Kier molecular flexibility index (Phi) is 5.32. The van der Waals surface area contributed by atoms with Crippen molar-refractivity contribution in [3.05, 3.63) is 35.4 Å². The summed E-state index contributed by atoms with van der Waals surface area (Å²) in [6.45, 7) is 3.28. The fourth-order valence-corrected chi connectivity index (χ4v) is 3.01. The molecule has 1 saturated heterocycles. The minimum Gasteiger partial charge on any atom is -0.314 e. The average Bonchev–Trinajstić information content (AvgIpc) is 2.38. The number of nitrogens with one attached hydrogen (secondary N) is 1. The number of aryl methyl sites for hydroxylation is 1. The Morgan fingerprint density at radius 2 is 2.11 bits per heavy atom. The van der Waals surface area contributed by atoms with Gasteiger partial charge in [-0.25, -0.2) is 8.78 Å². The fourth-order valence-electron chi connectivity index (χ4n) is 3.01. The molecule has 0 bridgehead atoms. The predicted octanol–water partition coefficient (Wildman–Crippen LogP) is 4.07. The third kappa shape index (κ3) is 4.27. The molecule has 1 aromatic rings. The van der Waals surface area contributed by atoms with E-state index < -0.39 is 11.6 Å². The highest BCUT2D eigenvalue weighted by Gasteiger charge is 2.20. The van der Waals surface area contributed by atoms with Crippen molar-refractivity contribution >= 4 is 0 Å². The standard InChI is InChI=1S/C16H23F2N/c1-2-3-15-10-12(8-9-19-15)4-5-13-6-7-14(17)11-16(13)18/h6-7,11-12,15,19H,2-5,8-10H2,1H3. The lowest BCUT2D eigenvalue weighted by Gasteiger charge is -2.30. The van der Waals surface area contributed by atoms with Crippen molar-refractivity contribution in [1.29, 1.82) is 0 Å². The lowest BCUT2D eigenvalue weighted by atomic mass is 9.86. The normalized spacial score (nSPS) is 23.5. The van der Waals surface area contributed by atoms with Crippen LogP contribution in [-0.4, -0.2) is 12.6 Å². The second-order valence-corrected chi connectivity index (χ2v) is 5.60. The minimum atomic E-state index is -0.494. The quantitative estimate of drug-likeness (QED) is 0.848. The van der Waals surface area contributed by atoms with E-state index in [-0.39, 0.29) is 0 Å². The van der Waals surface area contributed by atoms with E-state index in [4.69, 9.17) is 0 Å². The van der Waals surface area contributed by atoms with E-state index in [9.17, 15) is 8.78 Å². The van der Waals surface area contributed by atoms with Gasteiger partial charge in [0, 0.05) is 12.1 Å². The Bertz CT molecular complexity index is 404. The monoisotopic (exact) mass is 267 g/mol. The molecule has 3 heteroatoms. The summed E-state index contributed by atoms with van der Waals surface area (Å²) in [5.41, 5.74) is 0.645. The van der Waals surface area contributed by atoms with Crippen molar-refractivity contribution in [2.45, 2.75) is 51.5 Å². The van der Waals surface area contributed by atoms with Crippen molar-refractivity contribution in [3.8, 4) is 0 Å². The number of rotatable bonds is 5. The van der Waals surface area contributed by atoms with Gasteiger partial charge in [-0.15, -0.1) is 0 Å². The molecule has 19 heavy (non-hydrogen) atoms. The van der Waals surface area contributed by atoms with Crippen molar-refractivity contribution in [1.82, 2.24) is 5.32 Å². The Labute approximate surface area is 114 Å². The van der Waals surface area contributed by atoms with Gasteiger partial charge in [0.2, 0.25) is 0 Å². The lowest BCUT2D eigenvalue weighted by molar-refractivity contribution is 0.277. The highest BCUT2D eigenvalue weighted by molar-refractivity contribution is 5.18. The van der Waals surface area contributed by atoms with Gasteiger partial charge < -0.3 is 5.32 Å². The summed E-state index contributed by atoms with van der Waals surface area (Å²) < 4.78 is 26.4. The molecule has 1 aliphatic heterocycles. The Balaban J connectivity index is 1.84. The first-order chi connectivity index (χ1) is 9.19. The molecule has 1 aromatic carbocycles. The van der Waals surface area contributed by atoms with Crippen LogP contribution in [0.1, 0.15) is 44.6 Å². The smallest absolute Gasteiger partial charge is 0.129 e. The maximum Gasteiger partial charge on any atom is 0.129 e. The van der Waals surface area contributed by atoms with Gasteiger partial charge in [-0.05, 0) is 56.2 Å². The number of hydrogen-bond donors (Lipinski definition) is 1. The summed E-state index contributed by atoms with van der Waals surface area (Å²) >= 11 is 0. The van der Waals surface area contributed by atoms with Crippen molar-refractivity contribution in [2.75, 3.05) is 6.54 Å². The molecule has 1 heterocycles. The van der Waals surface area contributed by atoms with Crippen LogP contribution in [0.3, 0.4) is 0 Å². The molecule has 0 aliphatic carbocycles. The highest BCUT2D eigenvalue weighted by atomic mass is 19.1. The van der Waals surface area contributed by atoms with Gasteiger partial charge >= 0.3 is 0 Å². The molecular weight excluding hydrogens is 244 g/mol. The highest BCUT2D eigenvalue weighted by Crippen LogP contribution is 2.24. The van der Waals surface area contributed by atoms with Gasteiger partial charge in [-0.2, -0.15) is 0 Å². The van der Waals surface area contributed by atoms with E-state index in [0.29, 0.717) is 17.5 Å². The van der Waals surface area contributed by atoms with E-state index in [1.54, 1.807) is 6.07 Å². The van der Waals surface area contributed by atoms with Gasteiger partial charge in [0.15, 0.2) is 0 Å². The molecule has 2 rings (SSSR count). The van der Waals surface area contributed by atoms with Gasteiger partial charge in [0.1, 0.15) is 11.6 Å². The second kappa shape index (κ2) is 6.99. The van der Waals surface area contributed by atoms with E-state index in [0.717, 1.165) is 25.5 Å². The third-order valence-electron chi connectivity index (χ3n) is 4.08. The summed E-state index contributed by atoms with van der Waals surface area (Å²) in [6.07, 6.45) is 6.51. The molecular formula is C16H23F2N. The van der Waals surface area contributed by atoms with Crippen molar-refractivity contribution in [2.24, 2.45) is 5.92 Å². The van der Waals surface area contributed by atoms with Gasteiger partial charge in [0.05, 0.1) is 0 Å². The summed E-state index contributed by atoms with van der Waals surface area (Å²) in [4.78, 5) is 0. The molecule has 2 atom stereocenters. The molecule has 0 radical (unpaired) electrons. The summed E-state index contributed by atoms with van der Waals surface area (Å²) in [6, 6.07) is 4.54. The first-order valence-electron chi connectivity index (χ1n) is 7.36. The van der Waals surface area contributed by atoms with E-state index in [2.05, 4.69) is 12.2 Å². The van der Waals surface area contributed by atoms with Crippen LogP contribution in [-0.2, 0) is 6.42 Å². The average molecular weight is 267 g/mol. The largest absolute Gasteiger partial charge is 0.314 e. The first-order valence-corrected chi connectivity index (χ1v) is 7.36. The maximum absolute atomic E-state index is 13.5. The summed E-state index contributed by atoms with van der Waals surface area (Å²) in [5, 5.41) is 3.54. The molecule has 1 nitrogen and oxygen atoms in total. The summed E-state index contributed by atoms with van der Waals surface area (Å²) in [5.74, 6) is -0.229. The van der Waals surface area contributed by atoms with E-state index >= 15 is 0 Å². The second-order valence-electron chi connectivity index (χ2n) is 5.60. The van der Waals surface area contributed by atoms with Gasteiger partial charge in [0.25, 0.3) is 0 Å². The van der Waals surface area contributed by atoms with Gasteiger partial charge in [-0.1, -0.05) is 19.4 Å². The Morgan fingerprint density at radius 3 is 2.84 bits per heavy atom. The Morgan fingerprint density at radius 1 is 1.26 bits per heavy atom. The van der Waals surface area contributed by atoms with Gasteiger partial charge in [-0.3, -0.25) is 0 Å². The predicted molar refractivity (Wildman–Crippen MR) is 74.1 cm³/mol. The van der Waals surface area contributed by atoms with Crippen LogP contribution >= 0.6 is 0 Å². The SMILES string of the molecule is CCCC1CC(CCc2ccc(F)cc2F)CCN1. The number of hydrogen-bond acceptors (Lipinski definition) is 1. The van der Waals surface area contributed by atoms with Crippen LogP contribution in [0, 0.1) is 17.6 Å². The summed E-state index contributed by atoms with van der Waals surface area (Å²) in [7, 11) is 0. The van der Waals surface area contributed by atoms with Crippen molar-refractivity contribution < 1.29 is 8.78 Å². The number of piperidine rings is 1. The van der Waals surface area contributed by atoms with Crippen LogP contribution in [0.25, 0.3) is 0 Å². The maximum atomic E-state index is 13.5. The number of benzene rings is 1. The van der Waals surface area contributed by atoms with Crippen LogP contribution in [0.2, 0.25) is 0 Å². The van der Waals surface area contributed by atoms with Crippen LogP contribution in [0.5, 0.6) is 0 Å². The molecule has 0 aromatic heterocycles. The van der Waals surface area contributed by atoms with Crippen LogP contribution in [0.4, 0.5) is 8.78 Å². The molecule has 0 spiro atoms.